The van der Waals surface area contributed by atoms with Gasteiger partial charge in [0.1, 0.15) is 0 Å². The van der Waals surface area contributed by atoms with E-state index in [1.54, 1.807) is 14.0 Å². The molecule has 0 spiro atoms. The summed E-state index contributed by atoms with van der Waals surface area (Å²) in [5.41, 5.74) is 3.08. The third kappa shape index (κ3) is 3.17. The van der Waals surface area contributed by atoms with Crippen molar-refractivity contribution in [3.63, 3.8) is 0 Å². The Bertz CT molecular complexity index is 986. The number of fused-ring (bicyclic) bond motifs is 1. The highest BCUT2D eigenvalue weighted by molar-refractivity contribution is 6.00. The Morgan fingerprint density at radius 3 is 2.62 bits per heavy atom. The highest BCUT2D eigenvalue weighted by Crippen LogP contribution is 2.21. The number of benzene rings is 1. The molecule has 3 rings (SSSR count). The van der Waals surface area contributed by atoms with Crippen LogP contribution < -0.4 is 5.32 Å². The van der Waals surface area contributed by atoms with E-state index in [1.165, 1.54) is 11.8 Å². The van der Waals surface area contributed by atoms with Crippen LogP contribution in [-0.2, 0) is 23.1 Å². The number of ether oxygens (including phenoxy) is 1. The van der Waals surface area contributed by atoms with Gasteiger partial charge in [-0.2, -0.15) is 10.2 Å². The number of rotatable bonds is 5. The van der Waals surface area contributed by atoms with Gasteiger partial charge >= 0.3 is 5.97 Å². The van der Waals surface area contributed by atoms with E-state index < -0.39 is 5.97 Å². The molecule has 0 fully saturated rings. The van der Waals surface area contributed by atoms with E-state index in [9.17, 15) is 9.59 Å². The van der Waals surface area contributed by atoms with E-state index in [1.807, 2.05) is 35.9 Å². The van der Waals surface area contributed by atoms with Crippen LogP contribution in [0.15, 0.2) is 24.3 Å². The van der Waals surface area contributed by atoms with Crippen molar-refractivity contribution in [2.75, 3.05) is 12.4 Å². The average Bonchev–Trinajstić information content (AvgIpc) is 3.09. The van der Waals surface area contributed by atoms with Crippen LogP contribution in [0.25, 0.3) is 10.9 Å². The molecule has 0 aliphatic rings. The van der Waals surface area contributed by atoms with Gasteiger partial charge in [-0.05, 0) is 19.9 Å². The molecule has 0 atom stereocenters. The number of para-hydroxylation sites is 1. The van der Waals surface area contributed by atoms with Gasteiger partial charge in [0.25, 0.3) is 0 Å². The molecule has 0 saturated carbocycles. The Hall–Kier alpha value is -3.16. The molecule has 0 aliphatic heterocycles. The second kappa shape index (κ2) is 6.99. The molecule has 2 heterocycles. The van der Waals surface area contributed by atoms with E-state index in [4.69, 9.17) is 4.74 Å². The van der Waals surface area contributed by atoms with Crippen molar-refractivity contribution in [2.24, 2.45) is 7.05 Å². The number of esters is 1. The van der Waals surface area contributed by atoms with Gasteiger partial charge in [-0.25, -0.2) is 4.79 Å². The molecule has 0 unspecified atom stereocenters. The van der Waals surface area contributed by atoms with Gasteiger partial charge in [-0.3, -0.25) is 14.2 Å². The maximum atomic E-state index is 12.4. The first kappa shape index (κ1) is 17.7. The largest absolute Gasteiger partial charge is 0.464 e. The van der Waals surface area contributed by atoms with Crippen LogP contribution in [0.5, 0.6) is 0 Å². The zero-order valence-corrected chi connectivity index (χ0v) is 15.2. The molecule has 0 bridgehead atoms. The first-order valence-corrected chi connectivity index (χ1v) is 8.26. The molecule has 2 aromatic heterocycles. The number of nitrogens with zero attached hydrogens (tertiary/aromatic N) is 4. The van der Waals surface area contributed by atoms with Gasteiger partial charge in [0, 0.05) is 18.9 Å². The lowest BCUT2D eigenvalue weighted by Crippen LogP contribution is -2.18. The smallest absolute Gasteiger partial charge is 0.358 e. The first-order valence-electron chi connectivity index (χ1n) is 8.26. The van der Waals surface area contributed by atoms with Crippen LogP contribution in [0.3, 0.4) is 0 Å². The van der Waals surface area contributed by atoms with Crippen molar-refractivity contribution >= 4 is 28.5 Å². The van der Waals surface area contributed by atoms with Crippen LogP contribution in [0.1, 0.15) is 28.3 Å². The fraction of sp³-hybridized carbons (Fsp3) is 0.333. The molecular formula is C18H21N5O3. The zero-order chi connectivity index (χ0) is 18.8. The highest BCUT2D eigenvalue weighted by Gasteiger charge is 2.22. The summed E-state index contributed by atoms with van der Waals surface area (Å²) in [7, 11) is 2.93. The zero-order valence-electron chi connectivity index (χ0n) is 15.2. The minimum absolute atomic E-state index is 0.219. The SMILES string of the molecule is COC(=O)c1c(NC(=O)CCn2nc(C)c3ccccc32)c(C)nn1C. The molecule has 26 heavy (non-hydrogen) atoms. The summed E-state index contributed by atoms with van der Waals surface area (Å²) in [4.78, 5) is 24.3. The fourth-order valence-corrected chi connectivity index (χ4v) is 3.01. The van der Waals surface area contributed by atoms with Gasteiger partial charge in [0.05, 0.1) is 36.2 Å². The number of hydrogen-bond donors (Lipinski definition) is 1. The molecule has 136 valence electrons. The Morgan fingerprint density at radius 1 is 1.15 bits per heavy atom. The van der Waals surface area contributed by atoms with Gasteiger partial charge in [-0.1, -0.05) is 18.2 Å². The third-order valence-electron chi connectivity index (χ3n) is 4.26. The van der Waals surface area contributed by atoms with Crippen molar-refractivity contribution < 1.29 is 14.3 Å². The number of aromatic nitrogens is 4. The normalized spacial score (nSPS) is 10.9. The quantitative estimate of drug-likeness (QED) is 0.709. The van der Waals surface area contributed by atoms with Crippen LogP contribution in [0, 0.1) is 13.8 Å². The highest BCUT2D eigenvalue weighted by atomic mass is 16.5. The maximum absolute atomic E-state index is 12.4. The lowest BCUT2D eigenvalue weighted by atomic mass is 10.2. The van der Waals surface area contributed by atoms with Gasteiger partial charge < -0.3 is 10.1 Å². The second-order valence-corrected chi connectivity index (χ2v) is 6.05. The van der Waals surface area contributed by atoms with Crippen molar-refractivity contribution in [1.29, 1.82) is 0 Å². The Kier molecular flexibility index (Phi) is 4.75. The number of anilines is 1. The van der Waals surface area contributed by atoms with Crippen molar-refractivity contribution in [3.8, 4) is 0 Å². The summed E-state index contributed by atoms with van der Waals surface area (Å²) in [6, 6.07) is 7.90. The van der Waals surface area contributed by atoms with Gasteiger partial charge in [0.2, 0.25) is 5.91 Å². The predicted octanol–water partition coefficient (Wildman–Crippen LogP) is 2.20. The van der Waals surface area contributed by atoms with Crippen LogP contribution in [0.2, 0.25) is 0 Å². The summed E-state index contributed by atoms with van der Waals surface area (Å²) in [5.74, 6) is -0.763. The van der Waals surface area contributed by atoms with Crippen molar-refractivity contribution in [2.45, 2.75) is 26.8 Å². The predicted molar refractivity (Wildman–Crippen MR) is 97.0 cm³/mol. The van der Waals surface area contributed by atoms with Crippen molar-refractivity contribution in [1.82, 2.24) is 19.6 Å². The Balaban J connectivity index is 1.75. The molecule has 1 N–H and O–H groups in total. The molecule has 8 nitrogen and oxygen atoms in total. The van der Waals surface area contributed by atoms with E-state index in [0.29, 0.717) is 17.9 Å². The average molecular weight is 355 g/mol. The van der Waals surface area contributed by atoms with E-state index in [2.05, 4.69) is 15.5 Å². The first-order chi connectivity index (χ1) is 12.4. The monoisotopic (exact) mass is 355 g/mol. The molecule has 3 aromatic rings. The second-order valence-electron chi connectivity index (χ2n) is 6.05. The minimum atomic E-state index is -0.544. The van der Waals surface area contributed by atoms with Gasteiger partial charge in [0.15, 0.2) is 5.69 Å². The number of carbonyl (C=O) groups excluding carboxylic acids is 2. The number of carbonyl (C=O) groups is 2. The number of amides is 1. The Morgan fingerprint density at radius 2 is 1.88 bits per heavy atom. The molecule has 1 aromatic carbocycles. The van der Waals surface area contributed by atoms with E-state index in [0.717, 1.165) is 16.6 Å². The summed E-state index contributed by atoms with van der Waals surface area (Å²) < 4.78 is 7.99. The molecule has 0 saturated heterocycles. The summed E-state index contributed by atoms with van der Waals surface area (Å²) in [5, 5.41) is 12.5. The topological polar surface area (TPSA) is 91.0 Å². The minimum Gasteiger partial charge on any atom is -0.464 e. The number of methoxy groups -OCH3 is 1. The summed E-state index contributed by atoms with van der Waals surface area (Å²) in [6.07, 6.45) is 0.222. The van der Waals surface area contributed by atoms with Crippen LogP contribution in [0.4, 0.5) is 5.69 Å². The number of hydrogen-bond acceptors (Lipinski definition) is 5. The molecule has 8 heteroatoms. The standard InChI is InChI=1S/C18H21N5O3/c1-11-13-7-5-6-8-14(13)23(21-11)10-9-15(24)19-16-12(2)20-22(3)17(16)18(25)26-4/h5-8H,9-10H2,1-4H3,(H,19,24). The summed E-state index contributed by atoms with van der Waals surface area (Å²) in [6.45, 7) is 4.11. The Labute approximate surface area is 150 Å². The molecule has 0 aliphatic carbocycles. The lowest BCUT2D eigenvalue weighted by molar-refractivity contribution is -0.116. The lowest BCUT2D eigenvalue weighted by Gasteiger charge is -2.08. The van der Waals surface area contributed by atoms with Crippen molar-refractivity contribution in [3.05, 3.63) is 41.3 Å². The fourth-order valence-electron chi connectivity index (χ4n) is 3.01. The van der Waals surface area contributed by atoms with E-state index in [-0.39, 0.29) is 18.0 Å². The van der Waals surface area contributed by atoms with Crippen LogP contribution in [-0.4, -0.2) is 38.5 Å². The van der Waals surface area contributed by atoms with Crippen LogP contribution >= 0.6 is 0 Å². The molecule has 1 amide bonds. The number of nitrogens with one attached hydrogen (secondary N) is 1. The maximum Gasteiger partial charge on any atom is 0.358 e. The van der Waals surface area contributed by atoms with E-state index >= 15 is 0 Å². The number of aryl methyl sites for hydroxylation is 4. The van der Waals surface area contributed by atoms with Gasteiger partial charge in [-0.15, -0.1) is 0 Å². The molecule has 0 radical (unpaired) electrons. The molecular weight excluding hydrogens is 334 g/mol. The summed E-state index contributed by atoms with van der Waals surface area (Å²) >= 11 is 0. The third-order valence-corrected chi connectivity index (χ3v) is 4.26.